The van der Waals surface area contributed by atoms with E-state index in [0.717, 1.165) is 21.8 Å². The molecule has 8 N–H and O–H groups in total. The quantitative estimate of drug-likeness (QED) is 0.170. The van der Waals surface area contributed by atoms with Crippen LogP contribution in [0.2, 0.25) is 0 Å². The van der Waals surface area contributed by atoms with E-state index in [1.54, 1.807) is 0 Å². The first-order valence-corrected chi connectivity index (χ1v) is 13.9. The van der Waals surface area contributed by atoms with E-state index < -0.39 is 67.6 Å². The van der Waals surface area contributed by atoms with Crippen LogP contribution in [0.15, 0.2) is 36.4 Å². The molecule has 224 valence electrons. The van der Waals surface area contributed by atoms with Gasteiger partial charge in [0, 0.05) is 35.1 Å². The Morgan fingerprint density at radius 2 is 1.14 bits per heavy atom. The lowest BCUT2D eigenvalue weighted by atomic mass is 9.93. The zero-order chi connectivity index (χ0) is 30.1. The van der Waals surface area contributed by atoms with Crippen molar-refractivity contribution in [3.63, 3.8) is 0 Å². The van der Waals surface area contributed by atoms with Crippen LogP contribution in [0, 0.1) is 23.7 Å². The summed E-state index contributed by atoms with van der Waals surface area (Å²) >= 11 is 0. The lowest BCUT2D eigenvalue weighted by molar-refractivity contribution is -0.214. The van der Waals surface area contributed by atoms with Crippen molar-refractivity contribution in [2.24, 2.45) is 0 Å². The Labute approximate surface area is 242 Å². The summed E-state index contributed by atoms with van der Waals surface area (Å²) in [7, 11) is 0. The third-order valence-corrected chi connectivity index (χ3v) is 7.92. The summed E-state index contributed by atoms with van der Waals surface area (Å²) in [6.45, 7) is 1.87. The molecular weight excluding hydrogens is 546 g/mol. The molecule has 42 heavy (non-hydrogen) atoms. The summed E-state index contributed by atoms with van der Waals surface area (Å²) in [5, 5.41) is 81.6. The number of hydrogen-bond acceptors (Lipinski definition) is 10. The first-order chi connectivity index (χ1) is 20.2. The average Bonchev–Trinajstić information content (AvgIpc) is 3.31. The molecule has 2 aliphatic heterocycles. The van der Waals surface area contributed by atoms with E-state index >= 15 is 0 Å². The zero-order valence-corrected chi connectivity index (χ0v) is 22.9. The molecule has 11 heteroatoms. The van der Waals surface area contributed by atoms with Gasteiger partial charge < -0.3 is 54.9 Å². The van der Waals surface area contributed by atoms with Gasteiger partial charge in [0.1, 0.15) is 54.9 Å². The number of nitrogens with zero attached hydrogens (tertiary/aromatic N) is 1. The molecule has 0 unspecified atom stereocenters. The molecule has 11 nitrogen and oxygen atoms in total. The van der Waals surface area contributed by atoms with Crippen LogP contribution in [0.3, 0.4) is 0 Å². The van der Waals surface area contributed by atoms with Gasteiger partial charge in [-0.2, -0.15) is 0 Å². The van der Waals surface area contributed by atoms with Crippen LogP contribution in [-0.4, -0.2) is 120 Å². The molecular formula is C31H35NO10. The molecule has 2 saturated heterocycles. The van der Waals surface area contributed by atoms with Crippen molar-refractivity contribution in [3.8, 4) is 23.7 Å². The number of benzene rings is 2. The smallest absolute Gasteiger partial charge is 0.147 e. The van der Waals surface area contributed by atoms with Gasteiger partial charge in [0.2, 0.25) is 0 Å². The predicted octanol–water partition coefficient (Wildman–Crippen LogP) is -1.41. The van der Waals surface area contributed by atoms with E-state index in [1.807, 2.05) is 43.3 Å². The molecule has 0 saturated carbocycles. The molecule has 3 aromatic rings. The SMILES string of the molecule is CCn1c2cc(C#C[C@H]3O[C@H](CO)[C@@H](O)[C@H](O)[C@@H]3O)ccc2c2ccc(C#C[C@H]3O[C@H](CCO)[C@@H](O)[C@H](O)[C@@H]3O)cc21. The van der Waals surface area contributed by atoms with E-state index in [0.29, 0.717) is 17.7 Å². The number of aryl methyl sites for hydroxylation is 1. The van der Waals surface area contributed by atoms with Crippen molar-refractivity contribution >= 4 is 21.8 Å². The summed E-state index contributed by atoms with van der Waals surface area (Å²) < 4.78 is 13.2. The summed E-state index contributed by atoms with van der Waals surface area (Å²) in [5.41, 5.74) is 3.11. The number of fused-ring (bicyclic) bond motifs is 3. The monoisotopic (exact) mass is 581 g/mol. The number of hydrogen-bond donors (Lipinski definition) is 8. The Hall–Kier alpha value is -3.04. The van der Waals surface area contributed by atoms with Crippen molar-refractivity contribution < 1.29 is 50.3 Å². The van der Waals surface area contributed by atoms with Gasteiger partial charge in [-0.1, -0.05) is 35.8 Å². The molecule has 0 radical (unpaired) electrons. The van der Waals surface area contributed by atoms with Gasteiger partial charge in [-0.15, -0.1) is 0 Å². The topological polar surface area (TPSA) is 185 Å². The Morgan fingerprint density at radius 1 is 0.667 bits per heavy atom. The van der Waals surface area contributed by atoms with E-state index in [4.69, 9.17) is 9.47 Å². The van der Waals surface area contributed by atoms with Gasteiger partial charge in [-0.05, 0) is 37.6 Å². The molecule has 2 fully saturated rings. The number of aromatic nitrogens is 1. The number of aliphatic hydroxyl groups is 8. The second-order valence-corrected chi connectivity index (χ2v) is 10.6. The highest BCUT2D eigenvalue weighted by Crippen LogP contribution is 2.31. The zero-order valence-electron chi connectivity index (χ0n) is 22.9. The summed E-state index contributed by atoms with van der Waals surface area (Å²) in [5.74, 6) is 11.6. The maximum absolute atomic E-state index is 10.4. The largest absolute Gasteiger partial charge is 0.396 e. The second-order valence-electron chi connectivity index (χ2n) is 10.6. The van der Waals surface area contributed by atoms with E-state index in [1.165, 1.54) is 0 Å². The molecule has 0 amide bonds. The summed E-state index contributed by atoms with van der Waals surface area (Å²) in [6, 6.07) is 11.4. The normalized spacial score (nSPS) is 33.2. The van der Waals surface area contributed by atoms with Crippen LogP contribution < -0.4 is 0 Å². The van der Waals surface area contributed by atoms with Crippen LogP contribution in [0.25, 0.3) is 21.8 Å². The Kier molecular flexibility index (Phi) is 9.18. The Morgan fingerprint density at radius 3 is 1.60 bits per heavy atom. The number of aliphatic hydroxyl groups excluding tert-OH is 8. The second kappa shape index (κ2) is 12.7. The fraction of sp³-hybridized carbons (Fsp3) is 0.484. The molecule has 10 atom stereocenters. The first kappa shape index (κ1) is 30.4. The highest BCUT2D eigenvalue weighted by atomic mass is 16.5. The maximum Gasteiger partial charge on any atom is 0.147 e. The van der Waals surface area contributed by atoms with Gasteiger partial charge in [-0.25, -0.2) is 0 Å². The van der Waals surface area contributed by atoms with Gasteiger partial charge >= 0.3 is 0 Å². The average molecular weight is 582 g/mol. The number of rotatable bonds is 4. The van der Waals surface area contributed by atoms with Gasteiger partial charge in [-0.3, -0.25) is 0 Å². The van der Waals surface area contributed by atoms with Gasteiger partial charge in [0.05, 0.1) is 23.7 Å². The molecule has 1 aromatic heterocycles. The molecule has 0 spiro atoms. The molecule has 3 heterocycles. The van der Waals surface area contributed by atoms with Crippen LogP contribution in [0.4, 0.5) is 0 Å². The van der Waals surface area contributed by atoms with Crippen molar-refractivity contribution in [2.75, 3.05) is 13.2 Å². The minimum atomic E-state index is -1.50. The Bertz CT molecular complexity index is 1550. The van der Waals surface area contributed by atoms with Crippen molar-refractivity contribution in [1.29, 1.82) is 0 Å². The minimum absolute atomic E-state index is 0.0978. The highest BCUT2D eigenvalue weighted by Gasteiger charge is 2.43. The molecule has 2 aliphatic rings. The van der Waals surface area contributed by atoms with Gasteiger partial charge in [0.25, 0.3) is 0 Å². The fourth-order valence-electron chi connectivity index (χ4n) is 5.56. The first-order valence-electron chi connectivity index (χ1n) is 13.9. The molecule has 5 rings (SSSR count). The highest BCUT2D eigenvalue weighted by molar-refractivity contribution is 6.08. The van der Waals surface area contributed by atoms with E-state index in [2.05, 4.69) is 28.2 Å². The van der Waals surface area contributed by atoms with E-state index in [-0.39, 0.29) is 13.0 Å². The lowest BCUT2D eigenvalue weighted by Crippen LogP contribution is -2.58. The van der Waals surface area contributed by atoms with Crippen LogP contribution in [0.1, 0.15) is 24.5 Å². The van der Waals surface area contributed by atoms with Crippen LogP contribution >= 0.6 is 0 Å². The van der Waals surface area contributed by atoms with Crippen LogP contribution in [-0.2, 0) is 16.0 Å². The minimum Gasteiger partial charge on any atom is -0.396 e. The third kappa shape index (κ3) is 5.65. The fourth-order valence-corrected chi connectivity index (χ4v) is 5.56. The van der Waals surface area contributed by atoms with Crippen molar-refractivity contribution in [3.05, 3.63) is 47.5 Å². The summed E-state index contributed by atoms with van der Waals surface area (Å²) in [4.78, 5) is 0. The molecule has 2 aromatic carbocycles. The third-order valence-electron chi connectivity index (χ3n) is 7.92. The molecule has 0 bridgehead atoms. The maximum atomic E-state index is 10.4. The number of ether oxygens (including phenoxy) is 2. The van der Waals surface area contributed by atoms with Crippen molar-refractivity contribution in [2.45, 2.75) is 80.9 Å². The van der Waals surface area contributed by atoms with Crippen molar-refractivity contribution in [1.82, 2.24) is 4.57 Å². The van der Waals surface area contributed by atoms with E-state index in [9.17, 15) is 40.9 Å². The molecule has 0 aliphatic carbocycles. The standard InChI is InChI=1S/C31H35NO10/c1-2-32-20-13-16(5-9-22-26(35)30(39)28(37)24(41-22)11-12-33)3-7-18(20)19-8-4-17(14-21(19)32)6-10-23-27(36)31(40)29(38)25(15-34)42-23/h3-4,7-8,13-14,22-31,33-40H,2,11-12,15H2,1H3/t22-,23-,24-,25-,26-,27-,28-,29-,30-,31-/m1/s1. The lowest BCUT2D eigenvalue weighted by Gasteiger charge is -2.38. The Balaban J connectivity index is 1.44. The predicted molar refractivity (Wildman–Crippen MR) is 151 cm³/mol. The van der Waals surface area contributed by atoms with Crippen LogP contribution in [0.5, 0.6) is 0 Å². The van der Waals surface area contributed by atoms with Gasteiger partial charge in [0.15, 0.2) is 0 Å². The summed E-state index contributed by atoms with van der Waals surface area (Å²) in [6.07, 6.45) is -12.5.